The van der Waals surface area contributed by atoms with Crippen molar-refractivity contribution in [3.8, 4) is 11.5 Å². The Morgan fingerprint density at radius 1 is 0.960 bits per heavy atom. The zero-order valence-corrected chi connectivity index (χ0v) is 15.2. The van der Waals surface area contributed by atoms with Gasteiger partial charge in [-0.25, -0.2) is 0 Å². The smallest absolute Gasteiger partial charge is 0.224 e. The Labute approximate surface area is 150 Å². The van der Waals surface area contributed by atoms with Gasteiger partial charge >= 0.3 is 0 Å². The molecule has 0 atom stereocenters. The fraction of sp³-hybridized carbons (Fsp3) is 0.381. The second-order valence-corrected chi connectivity index (χ2v) is 6.18. The quantitative estimate of drug-likeness (QED) is 0.652. The first-order valence-electron chi connectivity index (χ1n) is 8.84. The van der Waals surface area contributed by atoms with Gasteiger partial charge in [0.2, 0.25) is 5.91 Å². The largest absolute Gasteiger partial charge is 0.494 e. The third kappa shape index (κ3) is 6.49. The molecule has 4 heteroatoms. The zero-order chi connectivity index (χ0) is 18.1. The summed E-state index contributed by atoms with van der Waals surface area (Å²) in [6.07, 6.45) is 1.10. The lowest BCUT2D eigenvalue weighted by Gasteiger charge is -2.09. The minimum atomic E-state index is -0.0112. The summed E-state index contributed by atoms with van der Waals surface area (Å²) in [5.74, 6) is 2.15. The van der Waals surface area contributed by atoms with Gasteiger partial charge in [-0.1, -0.05) is 26.0 Å². The molecule has 0 spiro atoms. The van der Waals surface area contributed by atoms with Crippen LogP contribution < -0.4 is 14.8 Å². The summed E-state index contributed by atoms with van der Waals surface area (Å²) in [7, 11) is 0. The van der Waals surface area contributed by atoms with Crippen molar-refractivity contribution < 1.29 is 14.3 Å². The van der Waals surface area contributed by atoms with Gasteiger partial charge in [0.25, 0.3) is 0 Å². The molecule has 2 aromatic rings. The third-order valence-corrected chi connectivity index (χ3v) is 3.81. The van der Waals surface area contributed by atoms with Crippen LogP contribution in [-0.4, -0.2) is 19.1 Å². The van der Waals surface area contributed by atoms with Crippen molar-refractivity contribution >= 4 is 11.6 Å². The van der Waals surface area contributed by atoms with Gasteiger partial charge in [0, 0.05) is 12.1 Å². The molecule has 0 aliphatic rings. The van der Waals surface area contributed by atoms with Crippen molar-refractivity contribution in [1.29, 1.82) is 0 Å². The summed E-state index contributed by atoms with van der Waals surface area (Å²) in [5, 5.41) is 2.88. The van der Waals surface area contributed by atoms with E-state index in [9.17, 15) is 4.79 Å². The van der Waals surface area contributed by atoms with Crippen molar-refractivity contribution in [1.82, 2.24) is 0 Å². The van der Waals surface area contributed by atoms with Gasteiger partial charge in [0.05, 0.1) is 13.2 Å². The molecular formula is C21H27NO3. The van der Waals surface area contributed by atoms with Crippen molar-refractivity contribution in [2.75, 3.05) is 18.5 Å². The topological polar surface area (TPSA) is 47.6 Å². The molecule has 0 fully saturated rings. The van der Waals surface area contributed by atoms with E-state index in [1.54, 1.807) is 0 Å². The van der Waals surface area contributed by atoms with Crippen LogP contribution in [0.1, 0.15) is 45.1 Å². The SMILES string of the molecule is CCOc1ccc(NC(=O)CCCOc2ccc(C(C)C)cc2)cc1. The Bertz CT molecular complexity index is 648. The second-order valence-electron chi connectivity index (χ2n) is 6.18. The highest BCUT2D eigenvalue weighted by Crippen LogP contribution is 2.19. The molecule has 2 aromatic carbocycles. The van der Waals surface area contributed by atoms with Crippen molar-refractivity contribution in [3.05, 3.63) is 54.1 Å². The highest BCUT2D eigenvalue weighted by Gasteiger charge is 2.04. The molecule has 134 valence electrons. The summed E-state index contributed by atoms with van der Waals surface area (Å²) in [4.78, 5) is 12.0. The number of carbonyl (C=O) groups excluding carboxylic acids is 1. The molecule has 0 saturated carbocycles. The average molecular weight is 341 g/mol. The molecule has 0 heterocycles. The Morgan fingerprint density at radius 2 is 1.56 bits per heavy atom. The van der Waals surface area contributed by atoms with Crippen molar-refractivity contribution in [2.45, 2.75) is 39.5 Å². The summed E-state index contributed by atoms with van der Waals surface area (Å²) < 4.78 is 11.1. The van der Waals surface area contributed by atoms with E-state index in [0.717, 1.165) is 17.2 Å². The number of benzene rings is 2. The van der Waals surface area contributed by atoms with Crippen LogP contribution in [0.2, 0.25) is 0 Å². The van der Waals surface area contributed by atoms with Gasteiger partial charge in [-0.05, 0) is 61.2 Å². The van der Waals surface area contributed by atoms with E-state index in [2.05, 4.69) is 31.3 Å². The molecule has 0 aliphatic heterocycles. The monoisotopic (exact) mass is 341 g/mol. The molecule has 0 radical (unpaired) electrons. The molecule has 25 heavy (non-hydrogen) atoms. The Balaban J connectivity index is 1.68. The molecule has 1 amide bonds. The number of carbonyl (C=O) groups is 1. The van der Waals surface area contributed by atoms with Crippen LogP contribution in [0.3, 0.4) is 0 Å². The van der Waals surface area contributed by atoms with E-state index in [1.807, 2.05) is 43.3 Å². The number of hydrogen-bond acceptors (Lipinski definition) is 3. The fourth-order valence-electron chi connectivity index (χ4n) is 2.40. The van der Waals surface area contributed by atoms with E-state index < -0.39 is 0 Å². The first kappa shape index (κ1) is 18.8. The maximum absolute atomic E-state index is 12.0. The maximum atomic E-state index is 12.0. The third-order valence-electron chi connectivity index (χ3n) is 3.81. The molecule has 2 rings (SSSR count). The number of hydrogen-bond donors (Lipinski definition) is 1. The first-order valence-corrected chi connectivity index (χ1v) is 8.84. The van der Waals surface area contributed by atoms with E-state index in [4.69, 9.17) is 9.47 Å². The van der Waals surface area contributed by atoms with Crippen LogP contribution in [-0.2, 0) is 4.79 Å². The fourth-order valence-corrected chi connectivity index (χ4v) is 2.40. The lowest BCUT2D eigenvalue weighted by atomic mass is 10.0. The van der Waals surface area contributed by atoms with Gasteiger partial charge in [0.1, 0.15) is 11.5 Å². The van der Waals surface area contributed by atoms with Crippen LogP contribution in [0.5, 0.6) is 11.5 Å². The lowest BCUT2D eigenvalue weighted by molar-refractivity contribution is -0.116. The number of amides is 1. The number of nitrogens with one attached hydrogen (secondary N) is 1. The van der Waals surface area contributed by atoms with Gasteiger partial charge in [-0.2, -0.15) is 0 Å². The standard InChI is InChI=1S/C21H27NO3/c1-4-24-19-13-9-18(10-14-19)22-21(23)6-5-15-25-20-11-7-17(8-12-20)16(2)3/h7-14,16H,4-6,15H2,1-3H3,(H,22,23). The predicted molar refractivity (Wildman–Crippen MR) is 102 cm³/mol. The summed E-state index contributed by atoms with van der Waals surface area (Å²) in [5.41, 5.74) is 2.07. The highest BCUT2D eigenvalue weighted by molar-refractivity contribution is 5.90. The van der Waals surface area contributed by atoms with E-state index >= 15 is 0 Å². The minimum absolute atomic E-state index is 0.0112. The Hall–Kier alpha value is -2.49. The molecular weight excluding hydrogens is 314 g/mol. The summed E-state index contributed by atoms with van der Waals surface area (Å²) in [6.45, 7) is 7.43. The van der Waals surface area contributed by atoms with Crippen LogP contribution in [0.25, 0.3) is 0 Å². The summed E-state index contributed by atoms with van der Waals surface area (Å²) in [6, 6.07) is 15.5. The first-order chi connectivity index (χ1) is 12.1. The maximum Gasteiger partial charge on any atom is 0.224 e. The molecule has 0 unspecified atom stereocenters. The second kappa shape index (κ2) is 9.72. The summed E-state index contributed by atoms with van der Waals surface area (Å²) >= 11 is 0. The lowest BCUT2D eigenvalue weighted by Crippen LogP contribution is -2.12. The normalized spacial score (nSPS) is 10.6. The Kier molecular flexibility index (Phi) is 7.33. The number of anilines is 1. The van der Waals surface area contributed by atoms with Crippen LogP contribution >= 0.6 is 0 Å². The molecule has 0 saturated heterocycles. The highest BCUT2D eigenvalue weighted by atomic mass is 16.5. The van der Waals surface area contributed by atoms with Gasteiger partial charge < -0.3 is 14.8 Å². The number of ether oxygens (including phenoxy) is 2. The predicted octanol–water partition coefficient (Wildman–Crippen LogP) is 5.01. The van der Waals surface area contributed by atoms with E-state index in [0.29, 0.717) is 32.0 Å². The Morgan fingerprint density at radius 3 is 2.16 bits per heavy atom. The van der Waals surface area contributed by atoms with E-state index in [1.165, 1.54) is 5.56 Å². The number of rotatable bonds is 9. The molecule has 0 aliphatic carbocycles. The van der Waals surface area contributed by atoms with Crippen LogP contribution in [0.15, 0.2) is 48.5 Å². The molecule has 0 aromatic heterocycles. The molecule has 1 N–H and O–H groups in total. The minimum Gasteiger partial charge on any atom is -0.494 e. The average Bonchev–Trinajstić information content (AvgIpc) is 2.61. The van der Waals surface area contributed by atoms with Crippen molar-refractivity contribution in [3.63, 3.8) is 0 Å². The van der Waals surface area contributed by atoms with Gasteiger partial charge in [0.15, 0.2) is 0 Å². The molecule has 4 nitrogen and oxygen atoms in total. The van der Waals surface area contributed by atoms with Gasteiger partial charge in [-0.15, -0.1) is 0 Å². The van der Waals surface area contributed by atoms with Gasteiger partial charge in [-0.3, -0.25) is 4.79 Å². The van der Waals surface area contributed by atoms with Crippen molar-refractivity contribution in [2.24, 2.45) is 0 Å². The van der Waals surface area contributed by atoms with E-state index in [-0.39, 0.29) is 5.91 Å². The van der Waals surface area contributed by atoms with Crippen LogP contribution in [0, 0.1) is 0 Å². The van der Waals surface area contributed by atoms with Crippen LogP contribution in [0.4, 0.5) is 5.69 Å². The molecule has 0 bridgehead atoms. The zero-order valence-electron chi connectivity index (χ0n) is 15.2.